The fraction of sp³-hybridized carbons (Fsp3) is 0.435. The first kappa shape index (κ1) is 26.9. The van der Waals surface area contributed by atoms with Crippen molar-refractivity contribution in [2.45, 2.75) is 48.3 Å². The molecule has 0 aliphatic carbocycles. The molecule has 2 aromatic carbocycles. The van der Waals surface area contributed by atoms with Gasteiger partial charge < -0.3 is 9.47 Å². The van der Waals surface area contributed by atoms with Crippen LogP contribution in [0.3, 0.4) is 0 Å². The molecule has 1 aliphatic rings. The number of Topliss-reactive ketones (excluding diaryl/α,β-unsaturated/α-hetero) is 1. The third-order valence-electron chi connectivity index (χ3n) is 6.09. The summed E-state index contributed by atoms with van der Waals surface area (Å²) in [5, 5.41) is 2.95. The van der Waals surface area contributed by atoms with Crippen molar-refractivity contribution in [1.29, 1.82) is 0 Å². The molecule has 192 valence electrons. The Labute approximate surface area is 199 Å². The van der Waals surface area contributed by atoms with E-state index in [1.807, 2.05) is 0 Å². The number of rotatable bonds is 7. The molecule has 0 amide bonds. The number of ketones is 1. The first-order valence-electron chi connectivity index (χ1n) is 10.5. The van der Waals surface area contributed by atoms with Crippen LogP contribution in [0.1, 0.15) is 36.9 Å². The van der Waals surface area contributed by atoms with E-state index in [2.05, 4.69) is 5.32 Å². The lowest BCUT2D eigenvalue weighted by Gasteiger charge is -2.36. The summed E-state index contributed by atoms with van der Waals surface area (Å²) < 4.78 is 104. The van der Waals surface area contributed by atoms with Gasteiger partial charge in [-0.15, -0.1) is 0 Å². The molecule has 0 bridgehead atoms. The average molecular weight is 522 g/mol. The lowest BCUT2D eigenvalue weighted by Crippen LogP contribution is -2.55. The molecule has 1 heterocycles. The van der Waals surface area contributed by atoms with Gasteiger partial charge in [0.15, 0.2) is 21.3 Å². The quantitative estimate of drug-likeness (QED) is 0.542. The Morgan fingerprint density at radius 1 is 1.06 bits per heavy atom. The number of carbonyl (C=O) groups excluding carboxylic acids is 1. The van der Waals surface area contributed by atoms with Crippen molar-refractivity contribution < 1.29 is 44.6 Å². The predicted molar refractivity (Wildman–Crippen MR) is 117 cm³/mol. The Balaban J connectivity index is 2.24. The topological polar surface area (TPSA) is 81.7 Å². The summed E-state index contributed by atoms with van der Waals surface area (Å²) in [5.74, 6) is -8.66. The van der Waals surface area contributed by atoms with Gasteiger partial charge in [0.25, 0.3) is 0 Å². The number of fused-ring (bicyclic) bond motifs is 1. The summed E-state index contributed by atoms with van der Waals surface area (Å²) in [5.41, 5.74) is -1.24. The van der Waals surface area contributed by atoms with Crippen molar-refractivity contribution in [3.8, 4) is 11.5 Å². The minimum Gasteiger partial charge on any atom is -0.493 e. The number of halogens is 5. The van der Waals surface area contributed by atoms with Crippen molar-refractivity contribution >= 4 is 15.6 Å². The van der Waals surface area contributed by atoms with Crippen molar-refractivity contribution in [3.63, 3.8) is 0 Å². The molecule has 0 saturated heterocycles. The lowest BCUT2D eigenvalue weighted by molar-refractivity contribution is -0.269. The molecule has 0 radical (unpaired) electrons. The third-order valence-corrected chi connectivity index (χ3v) is 8.05. The highest BCUT2D eigenvalue weighted by molar-refractivity contribution is 7.91. The van der Waals surface area contributed by atoms with Crippen LogP contribution in [0.5, 0.6) is 11.5 Å². The maximum Gasteiger partial charge on any atom is 0.461 e. The van der Waals surface area contributed by atoms with E-state index < -0.39 is 51.5 Å². The SMILES string of the molecule is CC[C@]1(CC(=O)C(F)(F)C(F)(F)F)CS(=O)(=O)c2cc(OC)c(OC)cc2[C@H](c2ccccc2)N1. The highest BCUT2D eigenvalue weighted by atomic mass is 32.2. The summed E-state index contributed by atoms with van der Waals surface area (Å²) >= 11 is 0. The van der Waals surface area contributed by atoms with E-state index in [1.165, 1.54) is 33.3 Å². The van der Waals surface area contributed by atoms with Gasteiger partial charge >= 0.3 is 12.1 Å². The van der Waals surface area contributed by atoms with Crippen LogP contribution in [-0.4, -0.2) is 51.8 Å². The van der Waals surface area contributed by atoms with Crippen LogP contribution in [0.15, 0.2) is 47.4 Å². The fourth-order valence-electron chi connectivity index (χ4n) is 4.15. The van der Waals surface area contributed by atoms with E-state index in [0.717, 1.165) is 0 Å². The van der Waals surface area contributed by atoms with Gasteiger partial charge in [0.2, 0.25) is 5.78 Å². The second-order valence-electron chi connectivity index (χ2n) is 8.30. The van der Waals surface area contributed by atoms with Crippen LogP contribution in [0.2, 0.25) is 0 Å². The minimum absolute atomic E-state index is 0.0883. The van der Waals surface area contributed by atoms with Gasteiger partial charge in [-0.05, 0) is 23.6 Å². The van der Waals surface area contributed by atoms with Crippen molar-refractivity contribution in [2.75, 3.05) is 20.0 Å². The second-order valence-corrected chi connectivity index (χ2v) is 10.3. The minimum atomic E-state index is -6.11. The number of hydrogen-bond donors (Lipinski definition) is 1. The summed E-state index contributed by atoms with van der Waals surface area (Å²) in [6.07, 6.45) is -7.69. The molecular weight excluding hydrogens is 497 g/mol. The number of ether oxygens (including phenoxy) is 2. The van der Waals surface area contributed by atoms with Gasteiger partial charge in [-0.25, -0.2) is 8.42 Å². The Morgan fingerprint density at radius 2 is 1.63 bits per heavy atom. The first-order chi connectivity index (χ1) is 16.2. The molecule has 1 aliphatic heterocycles. The number of alkyl halides is 5. The van der Waals surface area contributed by atoms with Gasteiger partial charge in [-0.2, -0.15) is 22.0 Å². The summed E-state index contributed by atoms with van der Waals surface area (Å²) in [6.45, 7) is 1.42. The molecule has 1 N–H and O–H groups in total. The molecule has 0 fully saturated rings. The fourth-order valence-corrected chi connectivity index (χ4v) is 6.25. The van der Waals surface area contributed by atoms with Gasteiger partial charge in [0.05, 0.1) is 30.9 Å². The lowest BCUT2D eigenvalue weighted by atomic mass is 9.86. The highest BCUT2D eigenvalue weighted by Crippen LogP contribution is 2.44. The molecule has 2 aromatic rings. The summed E-state index contributed by atoms with van der Waals surface area (Å²) in [7, 11) is -1.66. The summed E-state index contributed by atoms with van der Waals surface area (Å²) in [4.78, 5) is 12.0. The van der Waals surface area contributed by atoms with Crippen molar-refractivity contribution in [2.24, 2.45) is 0 Å². The van der Waals surface area contributed by atoms with Crippen molar-refractivity contribution in [3.05, 3.63) is 53.6 Å². The maximum atomic E-state index is 13.9. The van der Waals surface area contributed by atoms with Gasteiger partial charge in [-0.1, -0.05) is 37.3 Å². The number of benzene rings is 2. The van der Waals surface area contributed by atoms with Crippen LogP contribution in [0, 0.1) is 0 Å². The number of nitrogens with one attached hydrogen (secondary N) is 1. The second kappa shape index (κ2) is 9.38. The van der Waals surface area contributed by atoms with Crippen LogP contribution >= 0.6 is 0 Å². The van der Waals surface area contributed by atoms with Gasteiger partial charge in [0, 0.05) is 18.0 Å². The van der Waals surface area contributed by atoms with E-state index in [9.17, 15) is 35.2 Å². The molecule has 0 aromatic heterocycles. The largest absolute Gasteiger partial charge is 0.493 e. The first-order valence-corrected chi connectivity index (χ1v) is 12.2. The molecule has 3 rings (SSSR count). The Hall–Kier alpha value is -2.73. The normalized spacial score (nSPS) is 22.1. The number of carbonyl (C=O) groups is 1. The third kappa shape index (κ3) is 4.99. The zero-order chi connectivity index (χ0) is 26.2. The Kier molecular flexibility index (Phi) is 7.20. The standard InChI is InChI=1S/C23H24F5NO5S/c1-4-21(12-19(30)22(24,25)23(26,27)28)13-35(31,32)18-11-17(34-3)16(33-2)10-15(18)20(29-21)14-8-6-5-7-9-14/h5-11,20,29H,4,12-13H2,1-3H3/t20-,21-/m0/s1. The number of hydrogen-bond acceptors (Lipinski definition) is 6. The van der Waals surface area contributed by atoms with Crippen molar-refractivity contribution in [1.82, 2.24) is 5.32 Å². The predicted octanol–water partition coefficient (Wildman–Crippen LogP) is 4.48. The van der Waals surface area contributed by atoms with E-state index >= 15 is 0 Å². The molecule has 0 spiro atoms. The number of methoxy groups -OCH3 is 2. The smallest absolute Gasteiger partial charge is 0.461 e. The summed E-state index contributed by atoms with van der Waals surface area (Å²) in [6, 6.07) is 9.96. The van der Waals surface area contributed by atoms with Crippen LogP contribution in [0.4, 0.5) is 22.0 Å². The Morgan fingerprint density at radius 3 is 2.14 bits per heavy atom. The van der Waals surface area contributed by atoms with Gasteiger partial charge in [0.1, 0.15) is 0 Å². The monoisotopic (exact) mass is 521 g/mol. The zero-order valence-corrected chi connectivity index (χ0v) is 19.9. The average Bonchev–Trinajstić information content (AvgIpc) is 2.89. The number of sulfone groups is 1. The molecule has 2 atom stereocenters. The van der Waals surface area contributed by atoms with Crippen LogP contribution in [0.25, 0.3) is 0 Å². The Bertz CT molecular complexity index is 1200. The molecule has 0 unspecified atom stereocenters. The van der Waals surface area contributed by atoms with E-state index in [-0.39, 0.29) is 28.4 Å². The highest BCUT2D eigenvalue weighted by Gasteiger charge is 2.64. The van der Waals surface area contributed by atoms with E-state index in [1.54, 1.807) is 30.3 Å². The molecule has 6 nitrogen and oxygen atoms in total. The molecule has 0 saturated carbocycles. The zero-order valence-electron chi connectivity index (χ0n) is 19.1. The van der Waals surface area contributed by atoms with Crippen LogP contribution < -0.4 is 14.8 Å². The maximum absolute atomic E-state index is 13.9. The van der Waals surface area contributed by atoms with Crippen LogP contribution in [-0.2, 0) is 14.6 Å². The molecule has 35 heavy (non-hydrogen) atoms. The van der Waals surface area contributed by atoms with E-state index in [0.29, 0.717) is 5.56 Å². The molecular formula is C23H24F5NO5S. The molecule has 12 heteroatoms. The van der Waals surface area contributed by atoms with Gasteiger partial charge in [-0.3, -0.25) is 10.1 Å². The van der Waals surface area contributed by atoms with E-state index in [4.69, 9.17) is 9.47 Å².